The molecule has 15 heavy (non-hydrogen) atoms. The molecule has 0 aliphatic heterocycles. The molecule has 0 spiro atoms. The van der Waals surface area contributed by atoms with Gasteiger partial charge >= 0.3 is 0 Å². The highest BCUT2D eigenvalue weighted by molar-refractivity contribution is 7.99. The van der Waals surface area contributed by atoms with Crippen molar-refractivity contribution in [2.24, 2.45) is 0 Å². The summed E-state index contributed by atoms with van der Waals surface area (Å²) in [4.78, 5) is 1.35. The summed E-state index contributed by atoms with van der Waals surface area (Å²) in [6.45, 7) is 4.52. The first-order valence-corrected chi connectivity index (χ1v) is 7.29. The number of thiophene rings is 1. The Labute approximate surface area is 100 Å². The van der Waals surface area contributed by atoms with Crippen LogP contribution in [0.2, 0.25) is 0 Å². The van der Waals surface area contributed by atoms with Crippen LogP contribution < -0.4 is 5.32 Å². The van der Waals surface area contributed by atoms with Crippen molar-refractivity contribution < 1.29 is 5.11 Å². The fraction of sp³-hybridized carbons (Fsp3) is 0.636. The lowest BCUT2D eigenvalue weighted by molar-refractivity contribution is 0.272. The molecule has 1 heterocycles. The van der Waals surface area contributed by atoms with Crippen molar-refractivity contribution >= 4 is 23.1 Å². The molecular weight excluding hydrogens is 226 g/mol. The summed E-state index contributed by atoms with van der Waals surface area (Å²) in [5, 5.41) is 15.1. The van der Waals surface area contributed by atoms with Gasteiger partial charge in [-0.3, -0.25) is 0 Å². The molecular formula is C11H19NOS2. The van der Waals surface area contributed by atoms with Gasteiger partial charge in [-0.2, -0.15) is 11.8 Å². The van der Waals surface area contributed by atoms with E-state index in [1.807, 2.05) is 6.26 Å². The molecule has 1 aromatic rings. The van der Waals surface area contributed by atoms with Crippen molar-refractivity contribution in [3.05, 3.63) is 22.4 Å². The molecule has 2 N–H and O–H groups in total. The second-order valence-electron chi connectivity index (χ2n) is 3.65. The van der Waals surface area contributed by atoms with E-state index in [0.29, 0.717) is 12.1 Å². The van der Waals surface area contributed by atoms with E-state index in [-0.39, 0.29) is 11.9 Å². The molecule has 0 aromatic carbocycles. The summed E-state index contributed by atoms with van der Waals surface area (Å²) >= 11 is 3.48. The molecule has 0 saturated carbocycles. The second-order valence-corrected chi connectivity index (χ2v) is 5.71. The first-order valence-electron chi connectivity index (χ1n) is 5.12. The zero-order chi connectivity index (χ0) is 11.3. The van der Waals surface area contributed by atoms with Gasteiger partial charge < -0.3 is 10.4 Å². The van der Waals surface area contributed by atoms with Crippen LogP contribution in [0.3, 0.4) is 0 Å². The van der Waals surface area contributed by atoms with Crippen LogP contribution in [-0.4, -0.2) is 29.3 Å². The predicted molar refractivity (Wildman–Crippen MR) is 69.7 cm³/mol. The normalized spacial score (nSPS) is 17.3. The summed E-state index contributed by atoms with van der Waals surface area (Å²) in [5.41, 5.74) is 0. The van der Waals surface area contributed by atoms with Crippen molar-refractivity contribution in [3.63, 3.8) is 0 Å². The van der Waals surface area contributed by atoms with Crippen molar-refractivity contribution in [3.8, 4) is 0 Å². The van der Waals surface area contributed by atoms with Gasteiger partial charge in [-0.25, -0.2) is 0 Å². The van der Waals surface area contributed by atoms with Gasteiger partial charge in [0.25, 0.3) is 0 Å². The largest absolute Gasteiger partial charge is 0.395 e. The van der Waals surface area contributed by atoms with E-state index in [9.17, 15) is 5.11 Å². The van der Waals surface area contributed by atoms with Crippen LogP contribution in [0, 0.1) is 0 Å². The number of aliphatic hydroxyl groups excluding tert-OH is 1. The Kier molecular flexibility index (Phi) is 5.68. The topological polar surface area (TPSA) is 32.3 Å². The molecule has 0 fully saturated rings. The summed E-state index contributed by atoms with van der Waals surface area (Å²) in [7, 11) is 0. The third-order valence-electron chi connectivity index (χ3n) is 2.52. The standard InChI is InChI=1S/C11H19NOS2/c1-8(10-5-4-6-15-10)12-9(2)11(7-13)14-3/h4-6,8-9,11-13H,7H2,1-3H3. The Morgan fingerprint density at radius 2 is 2.27 bits per heavy atom. The zero-order valence-corrected chi connectivity index (χ0v) is 11.1. The highest BCUT2D eigenvalue weighted by Crippen LogP contribution is 2.20. The number of nitrogens with one attached hydrogen (secondary N) is 1. The van der Waals surface area contributed by atoms with Crippen LogP contribution in [-0.2, 0) is 0 Å². The van der Waals surface area contributed by atoms with Gasteiger partial charge in [0.05, 0.1) is 6.61 Å². The van der Waals surface area contributed by atoms with Crippen LogP contribution in [0.1, 0.15) is 24.8 Å². The molecule has 4 heteroatoms. The van der Waals surface area contributed by atoms with E-state index in [4.69, 9.17) is 0 Å². The predicted octanol–water partition coefficient (Wildman–Crippen LogP) is 2.51. The van der Waals surface area contributed by atoms with Gasteiger partial charge in [0, 0.05) is 22.2 Å². The van der Waals surface area contributed by atoms with E-state index in [1.54, 1.807) is 23.1 Å². The summed E-state index contributed by atoms with van der Waals surface area (Å²) in [6, 6.07) is 4.89. The molecule has 3 atom stereocenters. The molecule has 0 radical (unpaired) electrons. The number of aliphatic hydroxyl groups is 1. The molecule has 0 aliphatic carbocycles. The molecule has 2 nitrogen and oxygen atoms in total. The Morgan fingerprint density at radius 3 is 2.73 bits per heavy atom. The van der Waals surface area contributed by atoms with Crippen molar-refractivity contribution in [2.75, 3.05) is 12.9 Å². The third kappa shape index (κ3) is 3.79. The van der Waals surface area contributed by atoms with Gasteiger partial charge in [-0.15, -0.1) is 11.3 Å². The lowest BCUT2D eigenvalue weighted by atomic mass is 10.2. The van der Waals surface area contributed by atoms with E-state index >= 15 is 0 Å². The van der Waals surface area contributed by atoms with E-state index in [0.717, 1.165) is 0 Å². The molecule has 86 valence electrons. The minimum atomic E-state index is 0.229. The fourth-order valence-corrected chi connectivity index (χ4v) is 2.94. The van der Waals surface area contributed by atoms with E-state index in [1.165, 1.54) is 4.88 Å². The van der Waals surface area contributed by atoms with Gasteiger partial charge in [-0.1, -0.05) is 6.07 Å². The molecule has 0 aliphatic rings. The first kappa shape index (κ1) is 13.0. The van der Waals surface area contributed by atoms with Gasteiger partial charge in [-0.05, 0) is 31.5 Å². The Hall–Kier alpha value is -0.0300. The summed E-state index contributed by atoms with van der Waals surface area (Å²) < 4.78 is 0. The van der Waals surface area contributed by atoms with Crippen LogP contribution in [0.5, 0.6) is 0 Å². The third-order valence-corrected chi connectivity index (χ3v) is 4.74. The molecule has 3 unspecified atom stereocenters. The molecule has 1 rings (SSSR count). The maximum absolute atomic E-state index is 9.18. The average Bonchev–Trinajstić information content (AvgIpc) is 2.72. The van der Waals surface area contributed by atoms with Gasteiger partial charge in [0.1, 0.15) is 0 Å². The molecule has 0 amide bonds. The van der Waals surface area contributed by atoms with Crippen LogP contribution in [0.15, 0.2) is 17.5 Å². The Bertz CT molecular complexity index is 260. The minimum Gasteiger partial charge on any atom is -0.395 e. The number of thioether (sulfide) groups is 1. The lowest BCUT2D eigenvalue weighted by Crippen LogP contribution is -2.38. The van der Waals surface area contributed by atoms with Crippen molar-refractivity contribution in [1.29, 1.82) is 0 Å². The van der Waals surface area contributed by atoms with E-state index in [2.05, 4.69) is 36.7 Å². The second kappa shape index (κ2) is 6.53. The zero-order valence-electron chi connectivity index (χ0n) is 9.43. The fourth-order valence-electron chi connectivity index (χ4n) is 1.56. The van der Waals surface area contributed by atoms with Gasteiger partial charge in [0.15, 0.2) is 0 Å². The average molecular weight is 245 g/mol. The molecule has 1 aromatic heterocycles. The number of hydrogen-bond acceptors (Lipinski definition) is 4. The number of hydrogen-bond donors (Lipinski definition) is 2. The quantitative estimate of drug-likeness (QED) is 0.808. The monoisotopic (exact) mass is 245 g/mol. The Morgan fingerprint density at radius 1 is 1.53 bits per heavy atom. The van der Waals surface area contributed by atoms with Crippen LogP contribution >= 0.6 is 23.1 Å². The first-order chi connectivity index (χ1) is 7.19. The Balaban J connectivity index is 2.47. The maximum Gasteiger partial charge on any atom is 0.0564 e. The van der Waals surface area contributed by atoms with Crippen molar-refractivity contribution in [1.82, 2.24) is 5.32 Å². The highest BCUT2D eigenvalue weighted by Gasteiger charge is 2.17. The number of rotatable bonds is 6. The molecule has 0 saturated heterocycles. The highest BCUT2D eigenvalue weighted by atomic mass is 32.2. The van der Waals surface area contributed by atoms with Crippen molar-refractivity contribution in [2.45, 2.75) is 31.2 Å². The van der Waals surface area contributed by atoms with Crippen LogP contribution in [0.4, 0.5) is 0 Å². The minimum absolute atomic E-state index is 0.229. The smallest absolute Gasteiger partial charge is 0.0564 e. The summed E-state index contributed by atoms with van der Waals surface area (Å²) in [6.07, 6.45) is 2.04. The maximum atomic E-state index is 9.18. The molecule has 0 bridgehead atoms. The van der Waals surface area contributed by atoms with E-state index < -0.39 is 0 Å². The van der Waals surface area contributed by atoms with Gasteiger partial charge in [0.2, 0.25) is 0 Å². The lowest BCUT2D eigenvalue weighted by Gasteiger charge is -2.24. The SMILES string of the molecule is CSC(CO)C(C)NC(C)c1cccs1. The van der Waals surface area contributed by atoms with Crippen LogP contribution in [0.25, 0.3) is 0 Å². The summed E-state index contributed by atoms with van der Waals surface area (Å²) in [5.74, 6) is 0.